The Balaban J connectivity index is 0.00000289. The minimum Gasteiger partial charge on any atom is -0.324 e. The van der Waals surface area contributed by atoms with Crippen molar-refractivity contribution in [1.82, 2.24) is 31.1 Å². The number of alkyl halides is 3. The fraction of sp³-hybridized carbons (Fsp3) is 0.250. The number of hydrogen-bond acceptors (Lipinski definition) is 6. The maximum Gasteiger partial charge on any atom is 0.416 e. The van der Waals surface area contributed by atoms with E-state index < -0.39 is 23.1 Å². The maximum absolute atomic E-state index is 13.1. The molecule has 0 aliphatic carbocycles. The van der Waals surface area contributed by atoms with Gasteiger partial charge in [-0.2, -0.15) is 18.3 Å². The molecule has 4 rings (SSSR count). The highest BCUT2D eigenvalue weighted by Crippen LogP contribution is 2.31. The van der Waals surface area contributed by atoms with Crippen molar-refractivity contribution in [3.63, 3.8) is 0 Å². The molecule has 0 unspecified atom stereocenters. The highest BCUT2D eigenvalue weighted by atomic mass is 19.4. The van der Waals surface area contributed by atoms with Crippen molar-refractivity contribution in [2.45, 2.75) is 32.5 Å². The first-order valence-electron chi connectivity index (χ1n) is 9.46. The lowest BCUT2D eigenvalue weighted by molar-refractivity contribution is -0.137. The summed E-state index contributed by atoms with van der Waals surface area (Å²) in [6.07, 6.45) is 2.02. The number of nitrogens with zero attached hydrogens (tertiary/aromatic N) is 3. The van der Waals surface area contributed by atoms with Crippen LogP contribution in [-0.4, -0.2) is 20.7 Å². The second kappa shape index (κ2) is 7.58. The van der Waals surface area contributed by atoms with Gasteiger partial charge in [-0.05, 0) is 44.2 Å². The van der Waals surface area contributed by atoms with E-state index >= 15 is 0 Å². The first-order chi connectivity index (χ1) is 14.6. The number of hydrazine groups is 2. The average Bonchev–Trinajstić information content (AvgIpc) is 3.16. The van der Waals surface area contributed by atoms with E-state index in [-0.39, 0.29) is 30.5 Å². The third kappa shape index (κ3) is 4.04. The number of rotatable bonds is 4. The summed E-state index contributed by atoms with van der Waals surface area (Å²) in [5.41, 5.74) is 5.60. The van der Waals surface area contributed by atoms with Gasteiger partial charge in [0, 0.05) is 25.3 Å². The number of carbonyl (C=O) groups excluding carboxylic acids is 1. The van der Waals surface area contributed by atoms with Gasteiger partial charge < -0.3 is 10.7 Å². The molecule has 1 aromatic heterocycles. The summed E-state index contributed by atoms with van der Waals surface area (Å²) >= 11 is 0. The molecule has 1 amide bonds. The van der Waals surface area contributed by atoms with E-state index in [9.17, 15) is 22.8 Å². The lowest BCUT2D eigenvalue weighted by Gasteiger charge is -2.20. The van der Waals surface area contributed by atoms with Crippen LogP contribution >= 0.6 is 0 Å². The molecule has 3 heterocycles. The molecule has 164 valence electrons. The molecule has 31 heavy (non-hydrogen) atoms. The lowest BCUT2D eigenvalue weighted by atomic mass is 10.1. The Bertz CT molecular complexity index is 1220. The monoisotopic (exact) mass is 434 g/mol. The Hall–Kier alpha value is -3.60. The Morgan fingerprint density at radius 2 is 2.06 bits per heavy atom. The van der Waals surface area contributed by atoms with Crippen LogP contribution in [0.3, 0.4) is 0 Å². The number of fused-ring (bicyclic) bond motifs is 2. The number of hydrogen-bond donors (Lipinski definition) is 3. The Morgan fingerprint density at radius 1 is 1.29 bits per heavy atom. The van der Waals surface area contributed by atoms with Crippen molar-refractivity contribution in [2.75, 3.05) is 0 Å². The van der Waals surface area contributed by atoms with Crippen molar-refractivity contribution in [3.05, 3.63) is 75.6 Å². The van der Waals surface area contributed by atoms with E-state index in [1.807, 2.05) is 0 Å². The smallest absolute Gasteiger partial charge is 0.324 e. The van der Waals surface area contributed by atoms with Crippen LogP contribution in [-0.2, 0) is 17.4 Å². The standard InChI is InChI=1S/C20H19F3N6O2.H2/c1-11(2)29-17-7-12(20(21,22)23)3-6-15(17)19(31)16(26-29)8-18(30)25-13-4-5-14-9-24-27-28(14)10-13;/h3-7,9-11,24,27H,8H2,1-2H3,(H,25,30);1H. The normalized spacial score (nSPS) is 15.6. The van der Waals surface area contributed by atoms with Crippen LogP contribution in [0.15, 0.2) is 58.9 Å². The first-order valence-corrected chi connectivity index (χ1v) is 9.46. The third-order valence-corrected chi connectivity index (χ3v) is 4.79. The highest BCUT2D eigenvalue weighted by Gasteiger charge is 2.31. The molecule has 0 saturated heterocycles. The predicted octanol–water partition coefficient (Wildman–Crippen LogP) is 2.48. The van der Waals surface area contributed by atoms with Crippen LogP contribution in [0.2, 0.25) is 0 Å². The van der Waals surface area contributed by atoms with Gasteiger partial charge in [0.15, 0.2) is 0 Å². The fourth-order valence-electron chi connectivity index (χ4n) is 3.32. The summed E-state index contributed by atoms with van der Waals surface area (Å²) < 4.78 is 40.7. The number of allylic oxidation sites excluding steroid dienone is 2. The van der Waals surface area contributed by atoms with Crippen LogP contribution in [0.25, 0.3) is 10.9 Å². The molecule has 11 heteroatoms. The van der Waals surface area contributed by atoms with Gasteiger partial charge in [0.1, 0.15) is 5.69 Å². The number of nitrogens with one attached hydrogen (secondary N) is 3. The van der Waals surface area contributed by atoms with Gasteiger partial charge >= 0.3 is 6.18 Å². The quantitative estimate of drug-likeness (QED) is 0.685. The number of halogens is 3. The summed E-state index contributed by atoms with van der Waals surface area (Å²) in [7, 11) is 0. The van der Waals surface area contributed by atoms with Gasteiger partial charge in [-0.1, -0.05) is 0 Å². The van der Waals surface area contributed by atoms with Gasteiger partial charge in [0.25, 0.3) is 0 Å². The van der Waals surface area contributed by atoms with Crippen LogP contribution in [0.4, 0.5) is 13.2 Å². The molecular weight excluding hydrogens is 413 g/mol. The van der Waals surface area contributed by atoms with E-state index in [0.29, 0.717) is 5.70 Å². The maximum atomic E-state index is 13.1. The molecule has 0 atom stereocenters. The molecule has 0 saturated carbocycles. The zero-order chi connectivity index (χ0) is 22.3. The van der Waals surface area contributed by atoms with Gasteiger partial charge in [0.05, 0.1) is 28.9 Å². The van der Waals surface area contributed by atoms with Crippen molar-refractivity contribution in [3.8, 4) is 0 Å². The molecule has 0 radical (unpaired) electrons. The van der Waals surface area contributed by atoms with Crippen molar-refractivity contribution in [2.24, 2.45) is 0 Å². The molecule has 2 aliphatic heterocycles. The summed E-state index contributed by atoms with van der Waals surface area (Å²) in [6, 6.07) is 2.58. The third-order valence-electron chi connectivity index (χ3n) is 4.79. The zero-order valence-corrected chi connectivity index (χ0v) is 16.6. The fourth-order valence-corrected chi connectivity index (χ4v) is 3.32. The topological polar surface area (TPSA) is 91.3 Å². The molecule has 2 aromatic rings. The second-order valence-electron chi connectivity index (χ2n) is 7.38. The number of benzene rings is 1. The molecule has 0 fully saturated rings. The number of aromatic nitrogens is 2. The Labute approximate surface area is 176 Å². The predicted molar refractivity (Wildman–Crippen MR) is 109 cm³/mol. The Morgan fingerprint density at radius 3 is 2.77 bits per heavy atom. The average molecular weight is 434 g/mol. The lowest BCUT2D eigenvalue weighted by Crippen LogP contribution is -2.36. The number of amides is 1. The minimum absolute atomic E-state index is 0. The molecular formula is C20H21F3N6O2. The molecule has 0 spiro atoms. The highest BCUT2D eigenvalue weighted by molar-refractivity contribution is 5.83. The number of carbonyl (C=O) groups is 1. The van der Waals surface area contributed by atoms with Gasteiger partial charge in [-0.3, -0.25) is 19.3 Å². The summed E-state index contributed by atoms with van der Waals surface area (Å²) in [5.74, 6) is -0.471. The van der Waals surface area contributed by atoms with E-state index in [1.54, 1.807) is 43.4 Å². The SMILES string of the molecule is CC(C)n1nc(CC(=O)NC2=CN3NNC=C3C=C2)c(=O)c2ccc(C(F)(F)F)cc21.[HH]. The van der Waals surface area contributed by atoms with Gasteiger partial charge in [-0.25, -0.2) is 0 Å². The van der Waals surface area contributed by atoms with Crippen molar-refractivity contribution < 1.29 is 19.4 Å². The van der Waals surface area contributed by atoms with E-state index in [1.165, 1.54) is 4.68 Å². The molecule has 8 nitrogen and oxygen atoms in total. The summed E-state index contributed by atoms with van der Waals surface area (Å²) in [4.78, 5) is 25.4. The van der Waals surface area contributed by atoms with Crippen LogP contribution in [0.5, 0.6) is 0 Å². The van der Waals surface area contributed by atoms with Gasteiger partial charge in [-0.15, -0.1) is 5.53 Å². The van der Waals surface area contributed by atoms with Crippen molar-refractivity contribution in [1.29, 1.82) is 0 Å². The molecule has 0 bridgehead atoms. The minimum atomic E-state index is -4.54. The summed E-state index contributed by atoms with van der Waals surface area (Å²) in [6.45, 7) is 3.47. The summed E-state index contributed by atoms with van der Waals surface area (Å²) in [5, 5.41) is 8.64. The molecule has 2 aliphatic rings. The van der Waals surface area contributed by atoms with E-state index in [4.69, 9.17) is 0 Å². The van der Waals surface area contributed by atoms with Crippen LogP contribution in [0, 0.1) is 0 Å². The van der Waals surface area contributed by atoms with Crippen molar-refractivity contribution >= 4 is 16.8 Å². The Kier molecular flexibility index (Phi) is 5.05. The van der Waals surface area contributed by atoms with Crippen LogP contribution < -0.4 is 21.7 Å². The van der Waals surface area contributed by atoms with E-state index in [2.05, 4.69) is 21.4 Å². The second-order valence-corrected chi connectivity index (χ2v) is 7.38. The molecule has 3 N–H and O–H groups in total. The zero-order valence-electron chi connectivity index (χ0n) is 16.6. The van der Waals surface area contributed by atoms with E-state index in [0.717, 1.165) is 23.9 Å². The van der Waals surface area contributed by atoms with Gasteiger partial charge in [0.2, 0.25) is 11.3 Å². The molecule has 1 aromatic carbocycles. The first kappa shape index (κ1) is 20.7. The largest absolute Gasteiger partial charge is 0.416 e. The van der Waals surface area contributed by atoms with Crippen LogP contribution in [0.1, 0.15) is 32.6 Å².